The Balaban J connectivity index is 2.06. The molecule has 3 rings (SSSR count). The molecule has 0 saturated heterocycles. The van der Waals surface area contributed by atoms with Gasteiger partial charge in [-0.25, -0.2) is 4.98 Å². The fraction of sp³-hybridized carbons (Fsp3) is 0.438. The Kier molecular flexibility index (Phi) is 4.73. The van der Waals surface area contributed by atoms with E-state index < -0.39 is 0 Å². The molecule has 2 unspecified atom stereocenters. The Bertz CT molecular complexity index is 717. The van der Waals surface area contributed by atoms with Crippen LogP contribution >= 0.6 is 11.6 Å². The van der Waals surface area contributed by atoms with E-state index in [4.69, 9.17) is 28.5 Å². The highest BCUT2D eigenvalue weighted by molar-refractivity contribution is 6.34. The molecule has 8 heteroatoms. The van der Waals surface area contributed by atoms with Gasteiger partial charge < -0.3 is 27.5 Å². The van der Waals surface area contributed by atoms with Gasteiger partial charge in [-0.2, -0.15) is 0 Å². The third-order valence-electron chi connectivity index (χ3n) is 4.64. The maximum absolute atomic E-state index is 12.1. The van der Waals surface area contributed by atoms with Gasteiger partial charge in [-0.05, 0) is 12.8 Å². The van der Waals surface area contributed by atoms with Crippen LogP contribution in [0, 0.1) is 5.41 Å². The number of carbonyl (C=O) groups is 1. The molecule has 7 N–H and O–H groups in total. The van der Waals surface area contributed by atoms with Gasteiger partial charge >= 0.3 is 0 Å². The molecule has 1 amide bonds. The minimum absolute atomic E-state index is 0.0420. The number of pyridine rings is 1. The van der Waals surface area contributed by atoms with Crippen molar-refractivity contribution in [2.75, 3.05) is 5.32 Å². The van der Waals surface area contributed by atoms with E-state index in [0.717, 1.165) is 31.9 Å². The number of carbonyl (C=O) groups excluding carboxylic acids is 1. The summed E-state index contributed by atoms with van der Waals surface area (Å²) in [6.45, 7) is 0.337. The first-order valence-corrected chi connectivity index (χ1v) is 8.40. The summed E-state index contributed by atoms with van der Waals surface area (Å²) >= 11 is 6.48. The molecule has 1 aliphatic heterocycles. The van der Waals surface area contributed by atoms with Crippen molar-refractivity contribution in [3.05, 3.63) is 28.0 Å². The fourth-order valence-corrected chi connectivity index (χ4v) is 3.55. The number of nitrogens with two attached hydrogens (primary N) is 2. The highest BCUT2D eigenvalue weighted by atomic mass is 35.5. The van der Waals surface area contributed by atoms with Crippen molar-refractivity contribution >= 4 is 35.1 Å². The predicted molar refractivity (Wildman–Crippen MR) is 95.2 cm³/mol. The number of fused-ring (bicyclic) bond motifs is 1. The smallest absolute Gasteiger partial charge is 0.254 e. The molecule has 2 aliphatic rings. The number of hydrogen-bond acceptors (Lipinski definition) is 6. The maximum atomic E-state index is 12.1. The second kappa shape index (κ2) is 6.78. The third-order valence-corrected chi connectivity index (χ3v) is 5.04. The molecule has 24 heavy (non-hydrogen) atoms. The number of anilines is 1. The van der Waals surface area contributed by atoms with Crippen LogP contribution in [0.2, 0.25) is 5.02 Å². The lowest BCUT2D eigenvalue weighted by molar-refractivity contribution is 0.0965. The van der Waals surface area contributed by atoms with Crippen LogP contribution in [0.1, 0.15) is 47.3 Å². The molecular formula is C16H21ClN6O. The van der Waals surface area contributed by atoms with Crippen molar-refractivity contribution in [2.24, 2.45) is 11.5 Å². The normalized spacial score (nSPS) is 23.6. The Hall–Kier alpha value is -2.12. The van der Waals surface area contributed by atoms with E-state index in [2.05, 4.69) is 15.6 Å². The number of nitrogens with one attached hydrogen (secondary N) is 3. The Morgan fingerprint density at radius 1 is 1.42 bits per heavy atom. The highest BCUT2D eigenvalue weighted by Crippen LogP contribution is 2.35. The second-order valence-corrected chi connectivity index (χ2v) is 6.50. The van der Waals surface area contributed by atoms with Crippen molar-refractivity contribution in [3.8, 4) is 0 Å². The number of aromatic nitrogens is 1. The van der Waals surface area contributed by atoms with Gasteiger partial charge in [0.25, 0.3) is 5.91 Å². The number of halogens is 1. The number of amides is 1. The average Bonchev–Trinajstić information content (AvgIpc) is 2.97. The minimum atomic E-state index is -0.253. The van der Waals surface area contributed by atoms with E-state index >= 15 is 0 Å². The zero-order valence-electron chi connectivity index (χ0n) is 13.2. The molecule has 1 fully saturated rings. The molecule has 1 aliphatic carbocycles. The van der Waals surface area contributed by atoms with Crippen LogP contribution in [0.25, 0.3) is 5.57 Å². The van der Waals surface area contributed by atoms with E-state index in [1.165, 1.54) is 6.20 Å². The second-order valence-electron chi connectivity index (χ2n) is 6.12. The van der Waals surface area contributed by atoms with E-state index in [1.807, 2.05) is 0 Å². The fourth-order valence-electron chi connectivity index (χ4n) is 3.29. The van der Waals surface area contributed by atoms with Crippen molar-refractivity contribution in [1.29, 1.82) is 5.41 Å². The van der Waals surface area contributed by atoms with Gasteiger partial charge in [0, 0.05) is 42.2 Å². The van der Waals surface area contributed by atoms with Gasteiger partial charge in [-0.3, -0.25) is 4.79 Å². The van der Waals surface area contributed by atoms with Crippen LogP contribution in [0.4, 0.5) is 5.82 Å². The molecule has 0 radical (unpaired) electrons. The molecule has 2 heterocycles. The molecule has 128 valence electrons. The molecule has 7 nitrogen and oxygen atoms in total. The van der Waals surface area contributed by atoms with Crippen molar-refractivity contribution in [2.45, 2.75) is 44.3 Å². The Morgan fingerprint density at radius 3 is 2.83 bits per heavy atom. The third kappa shape index (κ3) is 2.85. The van der Waals surface area contributed by atoms with Crippen LogP contribution in [0.5, 0.6) is 0 Å². The van der Waals surface area contributed by atoms with Gasteiger partial charge in [-0.15, -0.1) is 0 Å². The van der Waals surface area contributed by atoms with Crippen LogP contribution in [-0.2, 0) is 6.54 Å². The van der Waals surface area contributed by atoms with E-state index in [9.17, 15) is 4.79 Å². The predicted octanol–water partition coefficient (Wildman–Crippen LogP) is 1.61. The van der Waals surface area contributed by atoms with E-state index in [1.54, 1.807) is 0 Å². The standard InChI is InChI=1S/C16H21ClN6O/c17-13-9-7-21-16(24)12(9)14(8(5-18)6-19)23-15(13)22-11-4-2-1-3-10(11)20/h5-6,10-11,18H,1-4,7,19-20H2,(H,21,24)(H,22,23). The largest absolute Gasteiger partial charge is 0.404 e. The lowest BCUT2D eigenvalue weighted by atomic mass is 9.91. The van der Waals surface area contributed by atoms with Gasteiger partial charge in [0.1, 0.15) is 5.82 Å². The first kappa shape index (κ1) is 16.7. The zero-order valence-corrected chi connectivity index (χ0v) is 14.0. The molecular weight excluding hydrogens is 328 g/mol. The number of nitrogens with zero attached hydrogens (tertiary/aromatic N) is 1. The monoisotopic (exact) mass is 348 g/mol. The molecule has 1 aromatic heterocycles. The molecule has 1 aromatic rings. The van der Waals surface area contributed by atoms with Crippen LogP contribution < -0.4 is 22.1 Å². The molecule has 0 spiro atoms. The first-order valence-electron chi connectivity index (χ1n) is 8.02. The summed E-state index contributed by atoms with van der Waals surface area (Å²) in [5.41, 5.74) is 13.6. The van der Waals surface area contributed by atoms with Gasteiger partial charge in [-0.1, -0.05) is 24.4 Å². The highest BCUT2D eigenvalue weighted by Gasteiger charge is 2.31. The topological polar surface area (TPSA) is 130 Å². The zero-order chi connectivity index (χ0) is 17.3. The number of allylic oxidation sites excluding steroid dienone is 1. The molecule has 2 atom stereocenters. The number of hydrogen-bond donors (Lipinski definition) is 5. The van der Waals surface area contributed by atoms with Gasteiger partial charge in [0.05, 0.1) is 16.3 Å². The summed E-state index contributed by atoms with van der Waals surface area (Å²) in [4.78, 5) is 16.6. The Labute approximate surface area is 145 Å². The van der Waals surface area contributed by atoms with Crippen molar-refractivity contribution < 1.29 is 4.79 Å². The summed E-state index contributed by atoms with van der Waals surface area (Å²) in [6, 6.07) is 0.130. The molecule has 0 aromatic carbocycles. The van der Waals surface area contributed by atoms with E-state index in [0.29, 0.717) is 39.8 Å². The van der Waals surface area contributed by atoms with Crippen LogP contribution in [0.3, 0.4) is 0 Å². The summed E-state index contributed by atoms with van der Waals surface area (Å²) in [6.07, 6.45) is 6.50. The van der Waals surface area contributed by atoms with Crippen LogP contribution in [0.15, 0.2) is 6.20 Å². The molecule has 1 saturated carbocycles. The lowest BCUT2D eigenvalue weighted by Crippen LogP contribution is -2.42. The quantitative estimate of drug-likeness (QED) is 0.528. The minimum Gasteiger partial charge on any atom is -0.404 e. The lowest BCUT2D eigenvalue weighted by Gasteiger charge is -2.30. The summed E-state index contributed by atoms with van der Waals surface area (Å²) in [5.74, 6) is 0.238. The first-order chi connectivity index (χ1) is 11.6. The van der Waals surface area contributed by atoms with Gasteiger partial charge in [0.15, 0.2) is 0 Å². The van der Waals surface area contributed by atoms with E-state index in [-0.39, 0.29) is 18.0 Å². The van der Waals surface area contributed by atoms with Crippen LogP contribution in [-0.4, -0.2) is 29.2 Å². The van der Waals surface area contributed by atoms with Crippen molar-refractivity contribution in [1.82, 2.24) is 10.3 Å². The Morgan fingerprint density at radius 2 is 2.17 bits per heavy atom. The van der Waals surface area contributed by atoms with Crippen molar-refractivity contribution in [3.63, 3.8) is 0 Å². The van der Waals surface area contributed by atoms with Gasteiger partial charge in [0.2, 0.25) is 0 Å². The summed E-state index contributed by atoms with van der Waals surface area (Å²) in [5, 5.41) is 14.0. The summed E-state index contributed by atoms with van der Waals surface area (Å²) < 4.78 is 0. The number of rotatable bonds is 4. The SMILES string of the molecule is N=CC(=CN)c1nc(NC2CCCCC2N)c(Cl)c2c1C(=O)NC2. The summed E-state index contributed by atoms with van der Waals surface area (Å²) in [7, 11) is 0. The maximum Gasteiger partial charge on any atom is 0.254 e. The molecule has 0 bridgehead atoms. The average molecular weight is 349 g/mol.